The van der Waals surface area contributed by atoms with Crippen LogP contribution in [0, 0.1) is 21.7 Å². The zero-order chi connectivity index (χ0) is 14.0. The minimum atomic E-state index is -1.09. The van der Waals surface area contributed by atoms with Crippen molar-refractivity contribution in [1.82, 2.24) is 9.97 Å². The molecule has 2 aromatic rings. The second-order valence-electron chi connectivity index (χ2n) is 3.37. The first-order valence-corrected chi connectivity index (χ1v) is 5.24. The van der Waals surface area contributed by atoms with Gasteiger partial charge in [-0.1, -0.05) is 11.6 Å². The van der Waals surface area contributed by atoms with E-state index < -0.39 is 22.2 Å². The lowest BCUT2D eigenvalue weighted by atomic mass is 10.3. The highest BCUT2D eigenvalue weighted by molar-refractivity contribution is 6.31. The van der Waals surface area contributed by atoms with Gasteiger partial charge in [-0.2, -0.15) is 0 Å². The van der Waals surface area contributed by atoms with E-state index in [1.54, 1.807) is 0 Å². The van der Waals surface area contributed by atoms with E-state index in [2.05, 4.69) is 15.3 Å². The van der Waals surface area contributed by atoms with Gasteiger partial charge in [0, 0.05) is 11.8 Å². The fraction of sp³-hybridized carbons (Fsp3) is 0. The van der Waals surface area contributed by atoms with Gasteiger partial charge in [-0.25, -0.2) is 18.7 Å². The first-order valence-electron chi connectivity index (χ1n) is 4.86. The van der Waals surface area contributed by atoms with E-state index in [0.717, 1.165) is 18.5 Å². The second-order valence-corrected chi connectivity index (χ2v) is 3.73. The Bertz CT molecular complexity index is 653. The predicted octanol–water partition coefficient (Wildman–Crippen LogP) is 3.06. The summed E-state index contributed by atoms with van der Waals surface area (Å²) in [5.41, 5.74) is -0.453. The Labute approximate surface area is 110 Å². The Morgan fingerprint density at radius 1 is 1.26 bits per heavy atom. The largest absolute Gasteiger partial charge is 0.348 e. The Kier molecular flexibility index (Phi) is 3.52. The Balaban J connectivity index is 2.40. The molecule has 0 unspecified atom stereocenters. The van der Waals surface area contributed by atoms with Crippen molar-refractivity contribution in [2.75, 3.05) is 5.32 Å². The summed E-state index contributed by atoms with van der Waals surface area (Å²) in [7, 11) is 0. The summed E-state index contributed by atoms with van der Waals surface area (Å²) in [5.74, 6) is -2.33. The number of nitrogens with one attached hydrogen (secondary N) is 1. The number of nitro groups is 1. The van der Waals surface area contributed by atoms with Crippen molar-refractivity contribution in [3.63, 3.8) is 0 Å². The average molecular weight is 287 g/mol. The molecular formula is C10H5ClF2N4O2. The molecule has 19 heavy (non-hydrogen) atoms. The molecule has 0 aliphatic heterocycles. The fourth-order valence-corrected chi connectivity index (χ4v) is 1.52. The third kappa shape index (κ3) is 2.74. The molecule has 1 aromatic heterocycles. The van der Waals surface area contributed by atoms with Crippen LogP contribution in [0.15, 0.2) is 24.5 Å². The third-order valence-electron chi connectivity index (χ3n) is 2.14. The zero-order valence-electron chi connectivity index (χ0n) is 9.10. The van der Waals surface area contributed by atoms with E-state index in [1.165, 1.54) is 6.07 Å². The minimum absolute atomic E-state index is 0.0942. The smallest absolute Gasteiger partial charge is 0.334 e. The van der Waals surface area contributed by atoms with E-state index in [9.17, 15) is 18.9 Å². The number of nitrogens with zero attached hydrogens (tertiary/aromatic N) is 3. The maximum absolute atomic E-state index is 13.0. The number of hydrogen-bond acceptors (Lipinski definition) is 5. The van der Waals surface area contributed by atoms with Crippen LogP contribution < -0.4 is 5.32 Å². The molecule has 0 radical (unpaired) electrons. The third-order valence-corrected chi connectivity index (χ3v) is 2.42. The summed E-state index contributed by atoms with van der Waals surface area (Å²) in [6, 6.07) is 2.93. The fourth-order valence-electron chi connectivity index (χ4n) is 1.32. The summed E-state index contributed by atoms with van der Waals surface area (Å²) in [5, 5.41) is 12.9. The van der Waals surface area contributed by atoms with Gasteiger partial charge in [0.25, 0.3) is 0 Å². The van der Waals surface area contributed by atoms with Gasteiger partial charge >= 0.3 is 5.69 Å². The number of hydrogen-bond donors (Lipinski definition) is 1. The minimum Gasteiger partial charge on any atom is -0.334 e. The zero-order valence-corrected chi connectivity index (χ0v) is 9.86. The molecule has 1 aromatic carbocycles. The highest BCUT2D eigenvalue weighted by atomic mass is 35.5. The van der Waals surface area contributed by atoms with Crippen molar-refractivity contribution in [2.45, 2.75) is 0 Å². The maximum Gasteiger partial charge on any atom is 0.348 e. The van der Waals surface area contributed by atoms with Gasteiger partial charge in [-0.15, -0.1) is 0 Å². The van der Waals surface area contributed by atoms with Crippen LogP contribution in [0.25, 0.3) is 0 Å². The van der Waals surface area contributed by atoms with Gasteiger partial charge < -0.3 is 5.32 Å². The topological polar surface area (TPSA) is 81.0 Å². The number of aromatic nitrogens is 2. The monoisotopic (exact) mass is 286 g/mol. The Morgan fingerprint density at radius 3 is 2.63 bits per heavy atom. The van der Waals surface area contributed by atoms with Crippen molar-refractivity contribution < 1.29 is 13.7 Å². The van der Waals surface area contributed by atoms with Crippen molar-refractivity contribution in [3.8, 4) is 0 Å². The van der Waals surface area contributed by atoms with Gasteiger partial charge in [0.15, 0.2) is 11.6 Å². The van der Waals surface area contributed by atoms with E-state index in [1.807, 2.05) is 0 Å². The van der Waals surface area contributed by atoms with Crippen LogP contribution in [0.1, 0.15) is 0 Å². The molecule has 0 spiro atoms. The van der Waals surface area contributed by atoms with Gasteiger partial charge in [0.2, 0.25) is 11.0 Å². The first-order chi connectivity index (χ1) is 8.99. The van der Waals surface area contributed by atoms with Gasteiger partial charge in [0.05, 0.1) is 4.92 Å². The highest BCUT2D eigenvalue weighted by Crippen LogP contribution is 2.30. The second kappa shape index (κ2) is 5.11. The van der Waals surface area contributed by atoms with Crippen molar-refractivity contribution in [2.24, 2.45) is 0 Å². The quantitative estimate of drug-likeness (QED) is 0.533. The van der Waals surface area contributed by atoms with Crippen LogP contribution in [0.2, 0.25) is 5.15 Å². The average Bonchev–Trinajstić information content (AvgIpc) is 2.33. The number of benzene rings is 1. The molecule has 98 valence electrons. The molecule has 2 rings (SSSR count). The molecule has 6 nitrogen and oxygen atoms in total. The van der Waals surface area contributed by atoms with E-state index in [-0.39, 0.29) is 16.7 Å². The normalized spacial score (nSPS) is 10.3. The molecule has 0 atom stereocenters. The summed E-state index contributed by atoms with van der Waals surface area (Å²) in [4.78, 5) is 17.2. The van der Waals surface area contributed by atoms with Crippen molar-refractivity contribution >= 4 is 28.8 Å². The van der Waals surface area contributed by atoms with Gasteiger partial charge in [0.1, 0.15) is 6.33 Å². The molecule has 0 bridgehead atoms. The first kappa shape index (κ1) is 13.1. The van der Waals surface area contributed by atoms with Crippen molar-refractivity contribution in [1.29, 1.82) is 0 Å². The lowest BCUT2D eigenvalue weighted by Crippen LogP contribution is -2.02. The standard InChI is InChI=1S/C10H5ClF2N4O2/c11-9-8(17(18)19)10(15-4-14-9)16-5-1-2-6(12)7(13)3-5/h1-4H,(H,14,15,16). The van der Waals surface area contributed by atoms with Gasteiger partial charge in [-0.3, -0.25) is 10.1 Å². The Morgan fingerprint density at radius 2 is 2.00 bits per heavy atom. The van der Waals surface area contributed by atoms with E-state index in [4.69, 9.17) is 11.6 Å². The molecule has 1 N–H and O–H groups in total. The SMILES string of the molecule is O=[N+]([O-])c1c(Cl)ncnc1Nc1ccc(F)c(F)c1. The van der Waals surface area contributed by atoms with Crippen LogP contribution in [-0.2, 0) is 0 Å². The van der Waals surface area contributed by atoms with Crippen LogP contribution in [0.3, 0.4) is 0 Å². The Hall–Kier alpha value is -2.35. The molecule has 9 heteroatoms. The number of rotatable bonds is 3. The van der Waals surface area contributed by atoms with Gasteiger partial charge in [-0.05, 0) is 12.1 Å². The lowest BCUT2D eigenvalue weighted by Gasteiger charge is -2.06. The predicted molar refractivity (Wildman–Crippen MR) is 63.3 cm³/mol. The van der Waals surface area contributed by atoms with E-state index >= 15 is 0 Å². The summed E-state index contributed by atoms with van der Waals surface area (Å²) in [6.07, 6.45) is 1.01. The summed E-state index contributed by atoms with van der Waals surface area (Å²) in [6.45, 7) is 0. The van der Waals surface area contributed by atoms with Crippen LogP contribution >= 0.6 is 11.6 Å². The highest BCUT2D eigenvalue weighted by Gasteiger charge is 2.21. The molecule has 1 heterocycles. The van der Waals surface area contributed by atoms with E-state index in [0.29, 0.717) is 0 Å². The summed E-state index contributed by atoms with van der Waals surface area (Å²) < 4.78 is 25.8. The van der Waals surface area contributed by atoms with Crippen molar-refractivity contribution in [3.05, 3.63) is 51.4 Å². The van der Waals surface area contributed by atoms with Crippen LogP contribution in [0.5, 0.6) is 0 Å². The maximum atomic E-state index is 13.0. The lowest BCUT2D eigenvalue weighted by molar-refractivity contribution is -0.384. The van der Waals surface area contributed by atoms with Crippen LogP contribution in [0.4, 0.5) is 26.0 Å². The van der Waals surface area contributed by atoms with Crippen LogP contribution in [-0.4, -0.2) is 14.9 Å². The molecule has 0 fully saturated rings. The molecule has 0 amide bonds. The number of anilines is 2. The molecule has 0 aliphatic carbocycles. The molecular weight excluding hydrogens is 282 g/mol. The summed E-state index contributed by atoms with van der Waals surface area (Å²) >= 11 is 5.58. The number of halogens is 3. The molecule has 0 saturated heterocycles. The molecule has 0 aliphatic rings. The molecule has 0 saturated carbocycles.